The summed E-state index contributed by atoms with van der Waals surface area (Å²) in [4.78, 5) is 33.5. The highest BCUT2D eigenvalue weighted by molar-refractivity contribution is 6.04. The molecular weight excluding hydrogens is 373 g/mol. The first-order valence-corrected chi connectivity index (χ1v) is 9.93. The van der Waals surface area contributed by atoms with Gasteiger partial charge in [-0.3, -0.25) is 9.59 Å². The molecule has 29 heavy (non-hydrogen) atoms. The van der Waals surface area contributed by atoms with Crippen LogP contribution in [0.25, 0.3) is 0 Å². The number of nitrogens with one attached hydrogen (secondary N) is 2. The molecule has 1 saturated carbocycles. The smallest absolute Gasteiger partial charge is 0.272 e. The second-order valence-corrected chi connectivity index (χ2v) is 7.28. The van der Waals surface area contributed by atoms with Crippen LogP contribution in [0.5, 0.6) is 0 Å². The fourth-order valence-corrected chi connectivity index (χ4v) is 3.68. The summed E-state index contributed by atoms with van der Waals surface area (Å²) in [5, 5.41) is 5.63. The van der Waals surface area contributed by atoms with E-state index in [9.17, 15) is 14.0 Å². The maximum atomic E-state index is 13.0. The molecule has 1 aromatic carbocycles. The number of hydrogen-bond donors (Lipinski definition) is 3. The second kappa shape index (κ2) is 10.1. The molecule has 1 aliphatic carbocycles. The van der Waals surface area contributed by atoms with Crippen molar-refractivity contribution in [2.45, 2.75) is 44.7 Å². The van der Waals surface area contributed by atoms with Gasteiger partial charge in [-0.25, -0.2) is 14.4 Å². The number of hydrogen-bond acceptors (Lipinski definition) is 5. The van der Waals surface area contributed by atoms with Crippen LogP contribution in [0.15, 0.2) is 36.7 Å². The third-order valence-electron chi connectivity index (χ3n) is 5.28. The molecule has 0 radical (unpaired) electrons. The molecule has 2 aromatic rings. The van der Waals surface area contributed by atoms with E-state index in [4.69, 9.17) is 5.73 Å². The van der Waals surface area contributed by atoms with Gasteiger partial charge in [-0.05, 0) is 36.5 Å². The highest BCUT2D eigenvalue weighted by atomic mass is 19.1. The van der Waals surface area contributed by atoms with Crippen LogP contribution in [0, 0.1) is 11.7 Å². The molecule has 0 spiro atoms. The second-order valence-electron chi connectivity index (χ2n) is 7.28. The van der Waals surface area contributed by atoms with Gasteiger partial charge >= 0.3 is 0 Å². The number of rotatable bonds is 7. The first-order chi connectivity index (χ1) is 14.1. The number of carbonyl (C=O) groups excluding carboxylic acids is 2. The molecule has 154 valence electrons. The van der Waals surface area contributed by atoms with Gasteiger partial charge in [0.25, 0.3) is 11.8 Å². The molecule has 7 nitrogen and oxygen atoms in total. The van der Waals surface area contributed by atoms with Crippen molar-refractivity contribution >= 4 is 11.8 Å². The Morgan fingerprint density at radius 1 is 1.03 bits per heavy atom. The average Bonchev–Trinajstić information content (AvgIpc) is 2.77. The van der Waals surface area contributed by atoms with Gasteiger partial charge in [-0.2, -0.15) is 0 Å². The van der Waals surface area contributed by atoms with Crippen molar-refractivity contribution in [2.24, 2.45) is 11.7 Å². The maximum absolute atomic E-state index is 13.0. The quantitative estimate of drug-likeness (QED) is 0.661. The highest BCUT2D eigenvalue weighted by Gasteiger charge is 2.27. The third-order valence-corrected chi connectivity index (χ3v) is 5.28. The van der Waals surface area contributed by atoms with Crippen LogP contribution in [-0.2, 0) is 6.54 Å². The monoisotopic (exact) mass is 399 g/mol. The van der Waals surface area contributed by atoms with Crippen LogP contribution < -0.4 is 16.4 Å². The maximum Gasteiger partial charge on any atom is 0.272 e. The van der Waals surface area contributed by atoms with Gasteiger partial charge in [0, 0.05) is 31.5 Å². The number of benzene rings is 1. The van der Waals surface area contributed by atoms with Crippen LogP contribution in [0.2, 0.25) is 0 Å². The lowest BCUT2D eigenvalue weighted by molar-refractivity contribution is 0.0886. The molecule has 1 unspecified atom stereocenters. The topological polar surface area (TPSA) is 110 Å². The van der Waals surface area contributed by atoms with Crippen LogP contribution in [0.4, 0.5) is 4.39 Å². The Bertz CT molecular complexity index is 837. The van der Waals surface area contributed by atoms with E-state index in [0.29, 0.717) is 12.5 Å². The zero-order valence-electron chi connectivity index (χ0n) is 16.2. The number of nitrogens with two attached hydrogens (primary N) is 1. The van der Waals surface area contributed by atoms with Crippen molar-refractivity contribution in [3.8, 4) is 0 Å². The Balaban J connectivity index is 1.67. The molecule has 3 rings (SSSR count). The van der Waals surface area contributed by atoms with Crippen LogP contribution >= 0.6 is 0 Å². The molecule has 4 N–H and O–H groups in total. The Morgan fingerprint density at radius 2 is 1.66 bits per heavy atom. The molecule has 1 fully saturated rings. The molecule has 1 aromatic heterocycles. The van der Waals surface area contributed by atoms with Gasteiger partial charge in [-0.1, -0.05) is 31.4 Å². The number of aromatic nitrogens is 2. The molecule has 0 aliphatic heterocycles. The Kier molecular flexibility index (Phi) is 7.24. The molecule has 0 saturated heterocycles. The van der Waals surface area contributed by atoms with Gasteiger partial charge < -0.3 is 16.4 Å². The predicted molar refractivity (Wildman–Crippen MR) is 106 cm³/mol. The minimum absolute atomic E-state index is 0.0293. The fourth-order valence-electron chi connectivity index (χ4n) is 3.68. The molecule has 2 amide bonds. The molecule has 0 bridgehead atoms. The highest BCUT2D eigenvalue weighted by Crippen LogP contribution is 2.26. The van der Waals surface area contributed by atoms with Gasteiger partial charge in [0.15, 0.2) is 11.4 Å². The summed E-state index contributed by atoms with van der Waals surface area (Å²) < 4.78 is 13.0. The zero-order valence-corrected chi connectivity index (χ0v) is 16.2. The fraction of sp³-hybridized carbons (Fsp3) is 0.429. The molecule has 8 heteroatoms. The van der Waals surface area contributed by atoms with Crippen molar-refractivity contribution in [2.75, 3.05) is 6.54 Å². The lowest BCUT2D eigenvalue weighted by atomic mass is 9.84. The van der Waals surface area contributed by atoms with E-state index in [1.165, 1.54) is 30.9 Å². The summed E-state index contributed by atoms with van der Waals surface area (Å²) in [6.07, 6.45) is 8.30. The number of halogens is 1. The SMILES string of the molecule is NCC(NC(=O)c1nccnc1C(=O)NCc1ccc(F)cc1)C1CCCCC1. The average molecular weight is 399 g/mol. The summed E-state index contributed by atoms with van der Waals surface area (Å²) in [6, 6.07) is 5.65. The minimum Gasteiger partial charge on any atom is -0.347 e. The van der Waals surface area contributed by atoms with Gasteiger partial charge in [-0.15, -0.1) is 0 Å². The van der Waals surface area contributed by atoms with Gasteiger partial charge in [0.05, 0.1) is 0 Å². The normalized spacial score (nSPS) is 15.5. The van der Waals surface area contributed by atoms with Crippen molar-refractivity contribution in [3.63, 3.8) is 0 Å². The van der Waals surface area contributed by atoms with E-state index in [1.807, 2.05) is 0 Å². The number of carbonyl (C=O) groups is 2. The van der Waals surface area contributed by atoms with Gasteiger partial charge in [0.2, 0.25) is 0 Å². The van der Waals surface area contributed by atoms with Crippen LogP contribution in [0.3, 0.4) is 0 Å². The first kappa shape index (κ1) is 20.9. The number of amides is 2. The Hall–Kier alpha value is -2.87. The molecule has 1 aliphatic rings. The van der Waals surface area contributed by atoms with E-state index >= 15 is 0 Å². The van der Waals surface area contributed by atoms with E-state index in [2.05, 4.69) is 20.6 Å². The van der Waals surface area contributed by atoms with E-state index < -0.39 is 11.8 Å². The van der Waals surface area contributed by atoms with Crippen molar-refractivity contribution < 1.29 is 14.0 Å². The predicted octanol–water partition coefficient (Wildman–Crippen LogP) is 2.18. The third kappa shape index (κ3) is 5.57. The first-order valence-electron chi connectivity index (χ1n) is 9.93. The van der Waals surface area contributed by atoms with Crippen LogP contribution in [0.1, 0.15) is 58.6 Å². The van der Waals surface area contributed by atoms with Crippen molar-refractivity contribution in [1.29, 1.82) is 0 Å². The summed E-state index contributed by atoms with van der Waals surface area (Å²) >= 11 is 0. The molecule has 1 atom stereocenters. The Labute approximate surface area is 169 Å². The van der Waals surface area contributed by atoms with Crippen molar-refractivity contribution in [3.05, 3.63) is 59.4 Å². The summed E-state index contributed by atoms with van der Waals surface area (Å²) in [6.45, 7) is 0.521. The zero-order chi connectivity index (χ0) is 20.6. The largest absolute Gasteiger partial charge is 0.347 e. The summed E-state index contributed by atoms with van der Waals surface area (Å²) in [5.41, 5.74) is 6.55. The van der Waals surface area contributed by atoms with Crippen molar-refractivity contribution in [1.82, 2.24) is 20.6 Å². The lowest BCUT2D eigenvalue weighted by Gasteiger charge is -2.30. The standard InChI is InChI=1S/C21H26FN5O2/c22-16-8-6-14(7-9-16)13-26-20(28)18-19(25-11-10-24-18)21(29)27-17(12-23)15-4-2-1-3-5-15/h6-11,15,17H,1-5,12-13,23H2,(H,26,28)(H,27,29). The summed E-state index contributed by atoms with van der Waals surface area (Å²) in [7, 11) is 0. The van der Waals surface area contributed by atoms with Crippen LogP contribution in [-0.4, -0.2) is 34.4 Å². The van der Waals surface area contributed by atoms with E-state index in [-0.39, 0.29) is 29.8 Å². The minimum atomic E-state index is -0.519. The lowest BCUT2D eigenvalue weighted by Crippen LogP contribution is -2.46. The number of nitrogens with zero attached hydrogens (tertiary/aromatic N) is 2. The molecule has 1 heterocycles. The van der Waals surface area contributed by atoms with E-state index in [1.54, 1.807) is 12.1 Å². The molecular formula is C21H26FN5O2. The Morgan fingerprint density at radius 3 is 2.28 bits per heavy atom. The van der Waals surface area contributed by atoms with E-state index in [0.717, 1.165) is 31.2 Å². The summed E-state index contributed by atoms with van der Waals surface area (Å²) in [5.74, 6) is -0.980. The van der Waals surface area contributed by atoms with Gasteiger partial charge in [0.1, 0.15) is 5.82 Å².